The fourth-order valence-corrected chi connectivity index (χ4v) is 4.43. The van der Waals surface area contributed by atoms with Gasteiger partial charge < -0.3 is 0 Å². The van der Waals surface area contributed by atoms with Crippen LogP contribution in [0.25, 0.3) is 22.5 Å². The van der Waals surface area contributed by atoms with Gasteiger partial charge in [-0.3, -0.25) is 9.13 Å². The number of imidazole rings is 1. The average Bonchev–Trinajstić information content (AvgIpc) is 3.46. The normalized spacial score (nSPS) is 12.0. The van der Waals surface area contributed by atoms with Gasteiger partial charge in [-0.1, -0.05) is 75.7 Å². The Hall–Kier alpha value is -3.69. The lowest BCUT2D eigenvalue weighted by Gasteiger charge is -2.14. The molecule has 2 aromatic carbocycles. The third kappa shape index (κ3) is 5.27. The van der Waals surface area contributed by atoms with E-state index in [1.54, 1.807) is 13.8 Å². The fourth-order valence-electron chi connectivity index (χ4n) is 4.43. The Morgan fingerprint density at radius 1 is 1.00 bits per heavy atom. The summed E-state index contributed by atoms with van der Waals surface area (Å²) in [6.07, 6.45) is -3.11. The first kappa shape index (κ1) is 25.4. The first-order chi connectivity index (χ1) is 17.2. The molecule has 7 nitrogen and oxygen atoms in total. The summed E-state index contributed by atoms with van der Waals surface area (Å²) in [7, 11) is 0. The van der Waals surface area contributed by atoms with Gasteiger partial charge in [-0.15, -0.1) is 10.2 Å². The summed E-state index contributed by atoms with van der Waals surface area (Å²) < 4.78 is 44.6. The highest BCUT2D eigenvalue weighted by atomic mass is 19.4. The molecule has 0 amide bonds. The molecule has 2 heterocycles. The Morgan fingerprint density at radius 3 is 2.28 bits per heavy atom. The minimum Gasteiger partial charge on any atom is -0.291 e. The quantitative estimate of drug-likeness (QED) is 0.328. The summed E-state index contributed by atoms with van der Waals surface area (Å²) in [5.41, 5.74) is 1.96. The maximum atomic E-state index is 14.1. The number of alkyl halides is 3. The van der Waals surface area contributed by atoms with Crippen LogP contribution in [0.4, 0.5) is 13.2 Å². The molecule has 0 aliphatic carbocycles. The van der Waals surface area contributed by atoms with Gasteiger partial charge in [-0.05, 0) is 40.7 Å². The van der Waals surface area contributed by atoms with Crippen LogP contribution in [0.3, 0.4) is 0 Å². The van der Waals surface area contributed by atoms with Crippen molar-refractivity contribution in [3.8, 4) is 22.5 Å². The predicted molar refractivity (Wildman–Crippen MR) is 131 cm³/mol. The van der Waals surface area contributed by atoms with E-state index in [0.717, 1.165) is 33.2 Å². The number of unbranched alkanes of at least 4 members (excludes halogenated alkanes) is 1. The molecule has 190 valence electrons. The third-order valence-electron chi connectivity index (χ3n) is 6.03. The monoisotopic (exact) mass is 498 g/mol. The Morgan fingerprint density at radius 2 is 1.69 bits per heavy atom. The summed E-state index contributed by atoms with van der Waals surface area (Å²) in [5.74, 6) is 0.366. The number of rotatable bonds is 9. The second kappa shape index (κ2) is 10.5. The van der Waals surface area contributed by atoms with Crippen molar-refractivity contribution in [2.75, 3.05) is 0 Å². The second-order valence-electron chi connectivity index (χ2n) is 9.25. The van der Waals surface area contributed by atoms with Crippen LogP contribution in [0.5, 0.6) is 0 Å². The molecule has 0 atom stereocenters. The minimum atomic E-state index is -4.61. The van der Waals surface area contributed by atoms with Crippen LogP contribution in [0.1, 0.15) is 50.6 Å². The molecule has 0 aliphatic rings. The molecule has 36 heavy (non-hydrogen) atoms. The van der Waals surface area contributed by atoms with Crippen molar-refractivity contribution in [1.29, 1.82) is 0 Å². The van der Waals surface area contributed by atoms with Gasteiger partial charge >= 0.3 is 11.9 Å². The molecule has 0 bridgehead atoms. The second-order valence-corrected chi connectivity index (χ2v) is 9.25. The summed E-state index contributed by atoms with van der Waals surface area (Å²) in [4.78, 5) is 13.2. The lowest BCUT2D eigenvalue weighted by atomic mass is 9.98. The summed E-state index contributed by atoms with van der Waals surface area (Å²) in [6.45, 7) is 5.62. The molecule has 2 aromatic heterocycles. The van der Waals surface area contributed by atoms with E-state index in [9.17, 15) is 18.0 Å². The van der Waals surface area contributed by atoms with Crippen molar-refractivity contribution in [2.45, 2.75) is 59.3 Å². The summed E-state index contributed by atoms with van der Waals surface area (Å²) >= 11 is 0. The number of halogens is 3. The Labute approximate surface area is 207 Å². The molecule has 0 spiro atoms. The van der Waals surface area contributed by atoms with E-state index in [1.165, 1.54) is 4.57 Å². The molecule has 1 N–H and O–H groups in total. The highest BCUT2D eigenvalue weighted by molar-refractivity contribution is 5.80. The molecule has 4 rings (SSSR count). The third-order valence-corrected chi connectivity index (χ3v) is 6.03. The lowest BCUT2D eigenvalue weighted by Crippen LogP contribution is -2.28. The highest BCUT2D eigenvalue weighted by Gasteiger charge is 2.40. The van der Waals surface area contributed by atoms with E-state index in [0.29, 0.717) is 12.2 Å². The molecule has 0 saturated heterocycles. The zero-order valence-electron chi connectivity index (χ0n) is 20.5. The largest absolute Gasteiger partial charge is 0.433 e. The van der Waals surface area contributed by atoms with E-state index >= 15 is 0 Å². The van der Waals surface area contributed by atoms with Crippen LogP contribution >= 0.6 is 0 Å². The molecule has 4 aromatic rings. The van der Waals surface area contributed by atoms with Gasteiger partial charge in [0.05, 0.1) is 12.2 Å². The average molecular weight is 499 g/mol. The number of hydrogen-bond donors (Lipinski definition) is 1. The van der Waals surface area contributed by atoms with Crippen LogP contribution in [-0.2, 0) is 25.7 Å². The topological polar surface area (TPSA) is 81.4 Å². The fraction of sp³-hybridized carbons (Fsp3) is 0.385. The van der Waals surface area contributed by atoms with Gasteiger partial charge in [0, 0.05) is 12.1 Å². The smallest absolute Gasteiger partial charge is 0.291 e. The first-order valence-corrected chi connectivity index (χ1v) is 12.0. The van der Waals surface area contributed by atoms with Crippen LogP contribution < -0.4 is 5.69 Å². The van der Waals surface area contributed by atoms with Crippen LogP contribution in [0.2, 0.25) is 0 Å². The maximum Gasteiger partial charge on any atom is 0.433 e. The van der Waals surface area contributed by atoms with Crippen LogP contribution in [0.15, 0.2) is 53.3 Å². The molecule has 0 radical (unpaired) electrons. The Balaban J connectivity index is 1.72. The zero-order valence-corrected chi connectivity index (χ0v) is 20.5. The van der Waals surface area contributed by atoms with Gasteiger partial charge in [0.2, 0.25) is 5.82 Å². The van der Waals surface area contributed by atoms with Crippen LogP contribution in [-0.4, -0.2) is 29.8 Å². The molecule has 0 aliphatic heterocycles. The van der Waals surface area contributed by atoms with Crippen molar-refractivity contribution in [3.05, 3.63) is 76.0 Å². The standard InChI is InChI=1S/C26H29F3N6O/c1-4-5-10-22-23(26(27,28)29)35(15-17(2)3)25(36)34(22)16-18-11-13-19(14-12-18)20-8-6-7-9-21(20)24-30-32-33-31-24/h6-9,11-14,17H,4-5,10,15-16H2,1-3H3,(H,30,31,32,33). The molecular formula is C26H29F3N6O. The molecule has 0 saturated carbocycles. The van der Waals surface area contributed by atoms with Crippen molar-refractivity contribution in [3.63, 3.8) is 0 Å². The lowest BCUT2D eigenvalue weighted by molar-refractivity contribution is -0.144. The van der Waals surface area contributed by atoms with Crippen molar-refractivity contribution in [2.24, 2.45) is 5.92 Å². The van der Waals surface area contributed by atoms with Crippen LogP contribution in [0, 0.1) is 5.92 Å². The zero-order chi connectivity index (χ0) is 25.9. The highest BCUT2D eigenvalue weighted by Crippen LogP contribution is 2.34. The van der Waals surface area contributed by atoms with Crippen molar-refractivity contribution < 1.29 is 13.2 Å². The Bertz CT molecular complexity index is 1350. The van der Waals surface area contributed by atoms with E-state index in [2.05, 4.69) is 20.6 Å². The minimum absolute atomic E-state index is 0.0195. The van der Waals surface area contributed by atoms with E-state index in [-0.39, 0.29) is 31.1 Å². The number of tetrazole rings is 1. The number of hydrogen-bond acceptors (Lipinski definition) is 4. The van der Waals surface area contributed by atoms with Gasteiger partial charge in [0.25, 0.3) is 0 Å². The summed E-state index contributed by atoms with van der Waals surface area (Å²) in [6, 6.07) is 15.1. The van der Waals surface area contributed by atoms with Gasteiger partial charge in [-0.25, -0.2) is 4.79 Å². The predicted octanol–water partition coefficient (Wildman–Crippen LogP) is 5.56. The van der Waals surface area contributed by atoms with Gasteiger partial charge in [0.15, 0.2) is 0 Å². The molecule has 10 heteroatoms. The SMILES string of the molecule is CCCCc1c(C(F)(F)F)n(CC(C)C)c(=O)n1Cc1ccc(-c2ccccc2-c2nn[nH]n2)cc1. The van der Waals surface area contributed by atoms with Crippen molar-refractivity contribution >= 4 is 0 Å². The summed E-state index contributed by atoms with van der Waals surface area (Å²) in [5, 5.41) is 14.2. The number of aromatic amines is 1. The van der Waals surface area contributed by atoms with Gasteiger partial charge in [-0.2, -0.15) is 18.4 Å². The number of H-pyrrole nitrogens is 1. The molecule has 0 unspecified atom stereocenters. The number of nitrogens with one attached hydrogen (secondary N) is 1. The van der Waals surface area contributed by atoms with E-state index in [1.807, 2.05) is 55.5 Å². The Kier molecular flexibility index (Phi) is 7.42. The molecular weight excluding hydrogens is 469 g/mol. The number of aromatic nitrogens is 6. The maximum absolute atomic E-state index is 14.1. The number of nitrogens with zero attached hydrogens (tertiary/aromatic N) is 5. The first-order valence-electron chi connectivity index (χ1n) is 12.0. The van der Waals surface area contributed by atoms with Crippen molar-refractivity contribution in [1.82, 2.24) is 29.8 Å². The van der Waals surface area contributed by atoms with Gasteiger partial charge in [0.1, 0.15) is 5.69 Å². The number of benzene rings is 2. The van der Waals surface area contributed by atoms with E-state index < -0.39 is 17.6 Å². The van der Waals surface area contributed by atoms with E-state index in [4.69, 9.17) is 0 Å². The molecule has 0 fully saturated rings.